The Balaban J connectivity index is 1.78. The van der Waals surface area contributed by atoms with Gasteiger partial charge in [0.05, 0.1) is 18.7 Å². The van der Waals surface area contributed by atoms with Gasteiger partial charge < -0.3 is 19.7 Å². The van der Waals surface area contributed by atoms with Crippen LogP contribution >= 0.6 is 11.6 Å². The first kappa shape index (κ1) is 20.6. The summed E-state index contributed by atoms with van der Waals surface area (Å²) in [5.41, 5.74) is -0.911. The SMILES string of the molecule is CN=C(NCCOc1ncc(C(F)(F)F)cc1Cl)N(C)CC1CCOC1. The molecule has 1 saturated heterocycles. The highest BCUT2D eigenvalue weighted by molar-refractivity contribution is 6.31. The van der Waals surface area contributed by atoms with E-state index in [2.05, 4.69) is 15.3 Å². The van der Waals surface area contributed by atoms with Crippen molar-refractivity contribution >= 4 is 17.6 Å². The zero-order valence-electron chi connectivity index (χ0n) is 14.6. The largest absolute Gasteiger partial charge is 0.475 e. The molecular formula is C16H22ClF3N4O2. The minimum absolute atomic E-state index is 0.0343. The lowest BCUT2D eigenvalue weighted by atomic mass is 10.1. The maximum absolute atomic E-state index is 12.6. The van der Waals surface area contributed by atoms with E-state index in [1.54, 1.807) is 7.05 Å². The molecule has 0 radical (unpaired) electrons. The predicted octanol–water partition coefficient (Wildman–Crippen LogP) is 2.68. The average molecular weight is 395 g/mol. The normalized spacial score (nSPS) is 18.1. The van der Waals surface area contributed by atoms with Crippen LogP contribution in [0.5, 0.6) is 5.88 Å². The molecule has 2 rings (SSSR count). The van der Waals surface area contributed by atoms with Crippen molar-refractivity contribution in [2.45, 2.75) is 12.6 Å². The van der Waals surface area contributed by atoms with Gasteiger partial charge >= 0.3 is 6.18 Å². The van der Waals surface area contributed by atoms with Gasteiger partial charge in [-0.25, -0.2) is 4.98 Å². The Bertz CT molecular complexity index is 622. The smallest absolute Gasteiger partial charge is 0.417 e. The molecule has 1 aliphatic heterocycles. The lowest BCUT2D eigenvalue weighted by molar-refractivity contribution is -0.137. The topological polar surface area (TPSA) is 59.0 Å². The van der Waals surface area contributed by atoms with Crippen LogP contribution < -0.4 is 10.1 Å². The van der Waals surface area contributed by atoms with Crippen LogP contribution in [0.15, 0.2) is 17.3 Å². The fraction of sp³-hybridized carbons (Fsp3) is 0.625. The molecule has 0 aliphatic carbocycles. The summed E-state index contributed by atoms with van der Waals surface area (Å²) in [4.78, 5) is 9.83. The van der Waals surface area contributed by atoms with E-state index < -0.39 is 11.7 Å². The van der Waals surface area contributed by atoms with E-state index in [0.29, 0.717) is 24.6 Å². The highest BCUT2D eigenvalue weighted by Crippen LogP contribution is 2.32. The van der Waals surface area contributed by atoms with Gasteiger partial charge in [0.2, 0.25) is 5.88 Å². The Hall–Kier alpha value is -1.74. The third kappa shape index (κ3) is 5.91. The van der Waals surface area contributed by atoms with Gasteiger partial charge in [0.1, 0.15) is 11.6 Å². The third-order valence-corrected chi connectivity index (χ3v) is 4.16. The fourth-order valence-corrected chi connectivity index (χ4v) is 2.80. The third-order valence-electron chi connectivity index (χ3n) is 3.89. The first-order valence-electron chi connectivity index (χ1n) is 8.16. The van der Waals surface area contributed by atoms with Crippen molar-refractivity contribution in [3.63, 3.8) is 0 Å². The Morgan fingerprint density at radius 1 is 1.54 bits per heavy atom. The number of alkyl halides is 3. The minimum Gasteiger partial charge on any atom is -0.475 e. The number of rotatable bonds is 6. The van der Waals surface area contributed by atoms with E-state index in [-0.39, 0.29) is 17.5 Å². The minimum atomic E-state index is -4.49. The zero-order chi connectivity index (χ0) is 19.2. The summed E-state index contributed by atoms with van der Waals surface area (Å²) < 4.78 is 48.4. The van der Waals surface area contributed by atoms with Gasteiger partial charge in [-0.3, -0.25) is 4.99 Å². The van der Waals surface area contributed by atoms with Crippen LogP contribution in [0.4, 0.5) is 13.2 Å². The predicted molar refractivity (Wildman–Crippen MR) is 92.7 cm³/mol. The molecule has 1 atom stereocenters. The number of hydrogen-bond donors (Lipinski definition) is 1. The highest BCUT2D eigenvalue weighted by atomic mass is 35.5. The van der Waals surface area contributed by atoms with Crippen molar-refractivity contribution in [2.75, 3.05) is 47.0 Å². The molecule has 1 aromatic heterocycles. The number of hydrogen-bond acceptors (Lipinski definition) is 4. The Morgan fingerprint density at radius 3 is 2.88 bits per heavy atom. The Labute approximate surface area is 155 Å². The molecular weight excluding hydrogens is 373 g/mol. The molecule has 1 fully saturated rings. The van der Waals surface area contributed by atoms with Crippen molar-refractivity contribution in [1.29, 1.82) is 0 Å². The van der Waals surface area contributed by atoms with E-state index in [9.17, 15) is 13.2 Å². The summed E-state index contributed by atoms with van der Waals surface area (Å²) in [6, 6.07) is 0.799. The van der Waals surface area contributed by atoms with Gasteiger partial charge in [-0.2, -0.15) is 13.2 Å². The van der Waals surface area contributed by atoms with Crippen LogP contribution in [0.1, 0.15) is 12.0 Å². The van der Waals surface area contributed by atoms with Crippen LogP contribution in [0.2, 0.25) is 5.02 Å². The standard InChI is InChI=1S/C16H22ClF3N4O2/c1-21-15(24(2)9-11-3-5-25-10-11)22-4-6-26-14-13(17)7-12(8-23-14)16(18,19)20/h7-8,11H,3-6,9-10H2,1-2H3,(H,21,22). The van der Waals surface area contributed by atoms with Crippen LogP contribution in [0, 0.1) is 5.92 Å². The average Bonchev–Trinajstić information content (AvgIpc) is 3.08. The van der Waals surface area contributed by atoms with Gasteiger partial charge in [-0.15, -0.1) is 0 Å². The van der Waals surface area contributed by atoms with E-state index in [1.807, 2.05) is 11.9 Å². The summed E-state index contributed by atoms with van der Waals surface area (Å²) >= 11 is 5.80. The molecule has 0 aromatic carbocycles. The van der Waals surface area contributed by atoms with Crippen molar-refractivity contribution in [3.8, 4) is 5.88 Å². The number of nitrogens with zero attached hydrogens (tertiary/aromatic N) is 3. The summed E-state index contributed by atoms with van der Waals surface area (Å²) in [6.45, 7) is 2.95. The summed E-state index contributed by atoms with van der Waals surface area (Å²) in [6.07, 6.45) is -2.76. The summed E-state index contributed by atoms with van der Waals surface area (Å²) in [7, 11) is 3.61. The van der Waals surface area contributed by atoms with Crippen molar-refractivity contribution in [1.82, 2.24) is 15.2 Å². The van der Waals surface area contributed by atoms with Crippen molar-refractivity contribution in [3.05, 3.63) is 22.8 Å². The summed E-state index contributed by atoms with van der Waals surface area (Å²) in [5, 5.41) is 2.95. The second-order valence-corrected chi connectivity index (χ2v) is 6.35. The monoisotopic (exact) mass is 394 g/mol. The quantitative estimate of drug-likeness (QED) is 0.456. The molecule has 0 saturated carbocycles. The number of guanidine groups is 1. The molecule has 0 spiro atoms. The Morgan fingerprint density at radius 2 is 2.31 bits per heavy atom. The highest BCUT2D eigenvalue weighted by Gasteiger charge is 2.31. The van der Waals surface area contributed by atoms with Crippen molar-refractivity contribution in [2.24, 2.45) is 10.9 Å². The molecule has 10 heteroatoms. The van der Waals surface area contributed by atoms with Crippen LogP contribution in [0.3, 0.4) is 0 Å². The number of pyridine rings is 1. The number of ether oxygens (including phenoxy) is 2. The lowest BCUT2D eigenvalue weighted by Crippen LogP contribution is -2.42. The maximum Gasteiger partial charge on any atom is 0.417 e. The Kier molecular flexibility index (Phi) is 7.33. The van der Waals surface area contributed by atoms with E-state index in [4.69, 9.17) is 21.1 Å². The fourth-order valence-electron chi connectivity index (χ4n) is 2.58. The molecule has 1 unspecified atom stereocenters. The molecule has 0 amide bonds. The molecule has 26 heavy (non-hydrogen) atoms. The van der Waals surface area contributed by atoms with Crippen LogP contribution in [-0.4, -0.2) is 62.8 Å². The molecule has 1 aliphatic rings. The zero-order valence-corrected chi connectivity index (χ0v) is 15.4. The molecule has 6 nitrogen and oxygen atoms in total. The maximum atomic E-state index is 12.6. The molecule has 2 heterocycles. The molecule has 1 N–H and O–H groups in total. The van der Waals surface area contributed by atoms with Gasteiger partial charge in [0.25, 0.3) is 0 Å². The van der Waals surface area contributed by atoms with Gasteiger partial charge in [-0.1, -0.05) is 11.6 Å². The first-order chi connectivity index (χ1) is 12.3. The van der Waals surface area contributed by atoms with Gasteiger partial charge in [0, 0.05) is 39.4 Å². The number of halogens is 4. The molecule has 0 bridgehead atoms. The number of nitrogens with one attached hydrogen (secondary N) is 1. The molecule has 1 aromatic rings. The van der Waals surface area contributed by atoms with Crippen molar-refractivity contribution < 1.29 is 22.6 Å². The number of aliphatic imine (C=N–C) groups is 1. The van der Waals surface area contributed by atoms with E-state index in [1.165, 1.54) is 0 Å². The number of aromatic nitrogens is 1. The van der Waals surface area contributed by atoms with Crippen LogP contribution in [0.25, 0.3) is 0 Å². The summed E-state index contributed by atoms with van der Waals surface area (Å²) in [5.74, 6) is 1.14. The van der Waals surface area contributed by atoms with E-state index >= 15 is 0 Å². The lowest BCUT2D eigenvalue weighted by Gasteiger charge is -2.24. The second-order valence-electron chi connectivity index (χ2n) is 5.94. The van der Waals surface area contributed by atoms with Crippen LogP contribution in [-0.2, 0) is 10.9 Å². The van der Waals surface area contributed by atoms with E-state index in [0.717, 1.165) is 32.2 Å². The van der Waals surface area contributed by atoms with Gasteiger partial charge in [0.15, 0.2) is 5.96 Å². The second kappa shape index (κ2) is 9.27. The molecule has 146 valence electrons. The van der Waals surface area contributed by atoms with Gasteiger partial charge in [-0.05, 0) is 12.5 Å². The first-order valence-corrected chi connectivity index (χ1v) is 8.54.